The zero-order valence-electron chi connectivity index (χ0n) is 19.4. The summed E-state index contributed by atoms with van der Waals surface area (Å²) in [6.07, 6.45) is 4.92. The first kappa shape index (κ1) is 23.3. The van der Waals surface area contributed by atoms with Crippen LogP contribution in [0.25, 0.3) is 10.4 Å². The Morgan fingerprint density at radius 1 is 0.971 bits per heavy atom. The van der Waals surface area contributed by atoms with Crippen molar-refractivity contribution in [3.8, 4) is 16.2 Å². The van der Waals surface area contributed by atoms with Crippen LogP contribution < -0.4 is 4.74 Å². The van der Waals surface area contributed by atoms with Gasteiger partial charge < -0.3 is 24.0 Å². The fourth-order valence-corrected chi connectivity index (χ4v) is 6.03. The summed E-state index contributed by atoms with van der Waals surface area (Å²) in [5.41, 5.74) is 1.03. The number of hydrogen-bond donors (Lipinski definition) is 0. The molecule has 0 saturated carbocycles. The fraction of sp³-hybridized carbons (Fsp3) is 0.538. The van der Waals surface area contributed by atoms with Crippen LogP contribution in [-0.4, -0.2) is 73.9 Å². The van der Waals surface area contributed by atoms with Gasteiger partial charge in [0.05, 0.1) is 13.2 Å². The third kappa shape index (κ3) is 5.29. The number of likely N-dealkylation sites (tertiary alicyclic amines) is 2. The van der Waals surface area contributed by atoms with E-state index in [2.05, 4.69) is 0 Å². The third-order valence-corrected chi connectivity index (χ3v) is 7.94. The number of piperidine rings is 2. The second-order valence-electron chi connectivity index (χ2n) is 9.16. The van der Waals surface area contributed by atoms with Crippen molar-refractivity contribution in [1.82, 2.24) is 9.80 Å². The first-order valence-electron chi connectivity index (χ1n) is 12.3. The molecule has 3 aliphatic heterocycles. The minimum atomic E-state index is -0.225. The van der Waals surface area contributed by atoms with Crippen molar-refractivity contribution in [2.75, 3.05) is 46.0 Å². The Bertz CT molecular complexity index is 982. The average Bonchev–Trinajstić information content (AvgIpc) is 3.59. The maximum atomic E-state index is 13.7. The van der Waals surface area contributed by atoms with E-state index in [0.717, 1.165) is 49.2 Å². The molecule has 2 amide bonds. The molecular weight excluding hydrogens is 452 g/mol. The molecule has 3 fully saturated rings. The highest BCUT2D eigenvalue weighted by atomic mass is 32.1. The molecule has 1 atom stereocenters. The number of carbonyl (C=O) groups is 2. The Morgan fingerprint density at radius 3 is 2.47 bits per heavy atom. The van der Waals surface area contributed by atoms with Gasteiger partial charge in [-0.05, 0) is 43.7 Å². The molecule has 5 rings (SSSR count). The normalized spacial score (nSPS) is 21.6. The molecule has 34 heavy (non-hydrogen) atoms. The summed E-state index contributed by atoms with van der Waals surface area (Å²) in [5, 5.41) is 0. The molecule has 0 aliphatic carbocycles. The first-order chi connectivity index (χ1) is 16.7. The predicted octanol–water partition coefficient (Wildman–Crippen LogP) is 4.03. The number of nitrogens with zero attached hydrogens (tertiary/aromatic N) is 2. The van der Waals surface area contributed by atoms with Crippen LogP contribution in [0, 0.1) is 5.92 Å². The monoisotopic (exact) mass is 484 g/mol. The van der Waals surface area contributed by atoms with Crippen molar-refractivity contribution in [1.29, 1.82) is 0 Å². The number of benzene rings is 1. The van der Waals surface area contributed by atoms with Gasteiger partial charge in [0.1, 0.15) is 10.6 Å². The van der Waals surface area contributed by atoms with Gasteiger partial charge in [-0.1, -0.05) is 30.3 Å². The maximum Gasteiger partial charge on any atom is 0.267 e. The van der Waals surface area contributed by atoms with Crippen molar-refractivity contribution in [3.63, 3.8) is 0 Å². The summed E-state index contributed by atoms with van der Waals surface area (Å²) >= 11 is 1.43. The molecular formula is C26H32N2O5S. The van der Waals surface area contributed by atoms with E-state index in [-0.39, 0.29) is 30.6 Å². The van der Waals surface area contributed by atoms with E-state index in [4.69, 9.17) is 14.2 Å². The quantitative estimate of drug-likeness (QED) is 0.619. The van der Waals surface area contributed by atoms with E-state index in [9.17, 15) is 9.59 Å². The van der Waals surface area contributed by atoms with Gasteiger partial charge >= 0.3 is 0 Å². The second-order valence-corrected chi connectivity index (χ2v) is 10.2. The van der Waals surface area contributed by atoms with Crippen LogP contribution in [0.5, 0.6) is 5.75 Å². The van der Waals surface area contributed by atoms with Crippen LogP contribution in [0.1, 0.15) is 41.8 Å². The summed E-state index contributed by atoms with van der Waals surface area (Å²) in [7, 11) is 0. The Hall–Kier alpha value is -2.42. The molecule has 182 valence electrons. The number of amides is 2. The van der Waals surface area contributed by atoms with Gasteiger partial charge in [-0.15, -0.1) is 11.3 Å². The van der Waals surface area contributed by atoms with Crippen molar-refractivity contribution in [2.24, 2.45) is 5.92 Å². The molecule has 2 aromatic rings. The van der Waals surface area contributed by atoms with Crippen LogP contribution in [0.3, 0.4) is 0 Å². The molecule has 0 bridgehead atoms. The Kier molecular flexibility index (Phi) is 7.47. The van der Waals surface area contributed by atoms with Crippen molar-refractivity contribution < 1.29 is 23.8 Å². The Morgan fingerprint density at radius 2 is 1.71 bits per heavy atom. The summed E-state index contributed by atoms with van der Waals surface area (Å²) in [6, 6.07) is 11.9. The minimum Gasteiger partial charge on any atom is -0.482 e. The zero-order valence-corrected chi connectivity index (χ0v) is 20.3. The number of rotatable bonds is 6. The minimum absolute atomic E-state index is 0.0147. The van der Waals surface area contributed by atoms with Crippen molar-refractivity contribution >= 4 is 23.2 Å². The van der Waals surface area contributed by atoms with Gasteiger partial charge in [0.15, 0.2) is 12.9 Å². The van der Waals surface area contributed by atoms with E-state index >= 15 is 0 Å². The molecule has 3 aliphatic rings. The standard InChI is InChI=1S/C26H32N2O5S/c29-23(27-11-5-2-6-12-27)18-33-21-16-22(19-8-3-1-4-9-19)34-24(21)25(30)28-13-7-10-20(17-28)26-31-14-15-32-26/h1,3-4,8-9,16,20,26H,2,5-7,10-15,17-18H2. The summed E-state index contributed by atoms with van der Waals surface area (Å²) in [4.78, 5) is 31.6. The molecule has 1 aromatic heterocycles. The van der Waals surface area contributed by atoms with Crippen LogP contribution in [0.15, 0.2) is 36.4 Å². The summed E-state index contributed by atoms with van der Waals surface area (Å²) < 4.78 is 17.4. The van der Waals surface area contributed by atoms with Crippen molar-refractivity contribution in [3.05, 3.63) is 41.3 Å². The van der Waals surface area contributed by atoms with Gasteiger partial charge in [0.25, 0.3) is 11.8 Å². The topological polar surface area (TPSA) is 68.3 Å². The van der Waals surface area contributed by atoms with Gasteiger partial charge in [0, 0.05) is 37.0 Å². The SMILES string of the molecule is O=C(COc1cc(-c2ccccc2)sc1C(=O)N1CCCC(C2OCCO2)C1)N1CCCCC1. The van der Waals surface area contributed by atoms with Crippen LogP contribution in [0.4, 0.5) is 0 Å². The van der Waals surface area contributed by atoms with Gasteiger partial charge in [-0.25, -0.2) is 0 Å². The zero-order chi connectivity index (χ0) is 23.3. The number of carbonyl (C=O) groups excluding carboxylic acids is 2. The fourth-order valence-electron chi connectivity index (χ4n) is 4.96. The molecule has 4 heterocycles. The Balaban J connectivity index is 1.34. The highest BCUT2D eigenvalue weighted by Crippen LogP contribution is 2.38. The number of thiophene rings is 1. The largest absolute Gasteiger partial charge is 0.482 e. The third-order valence-electron chi connectivity index (χ3n) is 6.79. The van der Waals surface area contributed by atoms with Crippen LogP contribution in [-0.2, 0) is 14.3 Å². The predicted molar refractivity (Wildman–Crippen MR) is 130 cm³/mol. The van der Waals surface area contributed by atoms with Crippen molar-refractivity contribution in [2.45, 2.75) is 38.4 Å². The van der Waals surface area contributed by atoms with Gasteiger partial charge in [0.2, 0.25) is 0 Å². The Labute approximate surface area is 204 Å². The molecule has 1 unspecified atom stereocenters. The lowest BCUT2D eigenvalue weighted by molar-refractivity contribution is -0.134. The first-order valence-corrected chi connectivity index (χ1v) is 13.1. The summed E-state index contributed by atoms with van der Waals surface area (Å²) in [6.45, 7) is 4.06. The van der Waals surface area contributed by atoms with Gasteiger partial charge in [-0.3, -0.25) is 9.59 Å². The lowest BCUT2D eigenvalue weighted by atomic mass is 9.97. The smallest absolute Gasteiger partial charge is 0.267 e. The lowest BCUT2D eigenvalue weighted by Gasteiger charge is -2.34. The molecule has 0 N–H and O–H groups in total. The highest BCUT2D eigenvalue weighted by molar-refractivity contribution is 7.17. The molecule has 0 spiro atoms. The lowest BCUT2D eigenvalue weighted by Crippen LogP contribution is -2.43. The molecule has 7 nitrogen and oxygen atoms in total. The van der Waals surface area contributed by atoms with Gasteiger partial charge in [-0.2, -0.15) is 0 Å². The van der Waals surface area contributed by atoms with E-state index in [1.807, 2.05) is 46.2 Å². The van der Waals surface area contributed by atoms with E-state index in [1.54, 1.807) is 0 Å². The molecule has 3 saturated heterocycles. The van der Waals surface area contributed by atoms with E-state index < -0.39 is 0 Å². The summed E-state index contributed by atoms with van der Waals surface area (Å²) in [5.74, 6) is 0.614. The second kappa shape index (κ2) is 10.9. The number of hydrogen-bond acceptors (Lipinski definition) is 6. The van der Waals surface area contributed by atoms with E-state index in [1.165, 1.54) is 17.8 Å². The molecule has 8 heteroatoms. The average molecular weight is 485 g/mol. The van der Waals surface area contributed by atoms with Crippen LogP contribution in [0.2, 0.25) is 0 Å². The highest BCUT2D eigenvalue weighted by Gasteiger charge is 2.34. The number of ether oxygens (including phenoxy) is 3. The molecule has 1 aromatic carbocycles. The van der Waals surface area contributed by atoms with Crippen LogP contribution >= 0.6 is 11.3 Å². The molecule has 0 radical (unpaired) electrons. The van der Waals surface area contributed by atoms with E-state index in [0.29, 0.717) is 36.9 Å². The maximum absolute atomic E-state index is 13.7.